The van der Waals surface area contributed by atoms with Gasteiger partial charge in [-0.2, -0.15) is 5.06 Å². The van der Waals surface area contributed by atoms with Crippen LogP contribution in [0, 0.1) is 76.1 Å². The van der Waals surface area contributed by atoms with Crippen LogP contribution in [-0.4, -0.2) is 280 Å². The van der Waals surface area contributed by atoms with Gasteiger partial charge in [0.25, 0.3) is 5.96 Å². The molecule has 0 saturated heterocycles. The van der Waals surface area contributed by atoms with Crippen molar-refractivity contribution >= 4 is 90.1 Å². The van der Waals surface area contributed by atoms with Crippen LogP contribution in [0.25, 0.3) is 0 Å². The highest BCUT2D eigenvalue weighted by Crippen LogP contribution is 2.27. The number of aliphatic imine (C=N–C) groups is 3. The molecule has 1 aromatic rings. The topological polar surface area (TPSA) is 486 Å². The van der Waals surface area contributed by atoms with Crippen LogP contribution < -0.4 is 52.6 Å². The van der Waals surface area contributed by atoms with Crippen molar-refractivity contribution in [2.45, 2.75) is 397 Å². The number of rotatable bonds is 41. The fourth-order valence-electron chi connectivity index (χ4n) is 11.4. The molecule has 1 aromatic heterocycles. The molecule has 40 heteroatoms. The van der Waals surface area contributed by atoms with Crippen LogP contribution in [0.5, 0.6) is 0 Å². The number of hydrogen-bond acceptors (Lipinski definition) is 22. The molecular formula is C106H229N21O16S3. The number of nitrogens with zero attached hydrogens (tertiary/aromatic N) is 11. The number of aromatic nitrogens is 1. The Bertz CT molecular complexity index is 3720. The number of hydrogen-bond donors (Lipinski definition) is 14. The lowest BCUT2D eigenvalue weighted by Gasteiger charge is -2.20. The summed E-state index contributed by atoms with van der Waals surface area (Å²) in [5.41, 5.74) is 3.38. The normalized spacial score (nSPS) is 12.2. The lowest BCUT2D eigenvalue weighted by Crippen LogP contribution is -2.39. The van der Waals surface area contributed by atoms with Crippen LogP contribution in [-0.2, 0) is 44.0 Å². The number of hydroxylamine groups is 5. The lowest BCUT2D eigenvalue weighted by molar-refractivity contribution is -0.485. The highest BCUT2D eigenvalue weighted by atomic mass is 32.2. The van der Waals surface area contributed by atoms with E-state index in [4.69, 9.17) is 20.7 Å². The van der Waals surface area contributed by atoms with Gasteiger partial charge in [0.15, 0.2) is 22.1 Å². The first kappa shape index (κ1) is 159. The van der Waals surface area contributed by atoms with Crippen molar-refractivity contribution in [3.05, 3.63) is 21.7 Å². The van der Waals surface area contributed by atoms with Crippen LogP contribution in [0.2, 0.25) is 0 Å². The van der Waals surface area contributed by atoms with Gasteiger partial charge in [0.1, 0.15) is 11.7 Å². The summed E-state index contributed by atoms with van der Waals surface area (Å²) in [7, 11) is 9.15. The van der Waals surface area contributed by atoms with E-state index >= 15 is 0 Å². The molecule has 0 atom stereocenters. The number of amides is 5. The Morgan fingerprint density at radius 1 is 0.473 bits per heavy atom. The zero-order chi connectivity index (χ0) is 117. The maximum Gasteiger partial charge on any atom is 0.433 e. The third kappa shape index (κ3) is 143. The smallest absolute Gasteiger partial charge is 0.433 e. The monoisotopic (exact) mass is 2150 g/mol. The maximum atomic E-state index is 11.2. The fraction of sp³-hybridized carbons (Fsp3) is 0.887. The second-order valence-electron chi connectivity index (χ2n) is 49.6. The van der Waals surface area contributed by atoms with Crippen molar-refractivity contribution in [1.29, 1.82) is 0 Å². The van der Waals surface area contributed by atoms with Crippen molar-refractivity contribution in [2.75, 3.05) is 160 Å². The fourth-order valence-corrected chi connectivity index (χ4v) is 13.0. The molecular weight excluding hydrogens is 1920 g/mol. The van der Waals surface area contributed by atoms with Crippen molar-refractivity contribution in [3.8, 4) is 0 Å². The van der Waals surface area contributed by atoms with E-state index in [2.05, 4.69) is 304 Å². The average molecular weight is 2150 g/mol. The number of nitro groups is 1. The van der Waals surface area contributed by atoms with Crippen LogP contribution >= 0.6 is 11.3 Å². The number of carbonyl (C=O) groups excluding carboxylic acids is 5. The summed E-state index contributed by atoms with van der Waals surface area (Å²) < 4.78 is 50.9. The largest absolute Gasteiger partial charge is 0.451 e. The third-order valence-electron chi connectivity index (χ3n) is 19.7. The minimum absolute atomic E-state index is 0.106. The Labute approximate surface area is 897 Å². The SMILES string of the molecule is CC(=O)N(O)CCCC(C)(C)C.CC(C)(C)CCCN(O)S(C)(=O)=O.CC(C)(C)CCCNC(=O)CO.CC(C)(C)CCCNc1nccs1.CC(C)C(=O)NCCCC(C)(C)C.CCC(=O)NCCCC(C)(C)C.CN(C)C(=NCCCC(C)(C)C)NS(C)(=O)=O.CN/C(=N\[N+](=O)[O-])NCCCC(C)C.CN=C(NC)NCCCC(C)(C)C.CN=C(NCCCC(C)(C)C)N(C)C.COC(=O)N(O)CCCC(C)(C)C. The molecule has 0 bridgehead atoms. The van der Waals surface area contributed by atoms with Gasteiger partial charge in [-0.15, -0.1) is 11.3 Å². The second-order valence-corrected chi connectivity index (χ2v) is 54.1. The molecule has 1 rings (SSSR count). The summed E-state index contributed by atoms with van der Waals surface area (Å²) in [4.78, 5) is 84.2. The van der Waals surface area contributed by atoms with Gasteiger partial charge < -0.3 is 67.5 Å². The molecule has 872 valence electrons. The average Bonchev–Trinajstić information content (AvgIpc) is 1.25. The number of sulfonamides is 2. The molecule has 0 aliphatic carbocycles. The summed E-state index contributed by atoms with van der Waals surface area (Å²) >= 11 is 1.66. The van der Waals surface area contributed by atoms with E-state index in [1.165, 1.54) is 52.6 Å². The Morgan fingerprint density at radius 3 is 1.11 bits per heavy atom. The standard InChI is InChI=1S/C11H25N3O2S.C11H25N3.C11H23NO.C10H23N3.C10H18N2S.C10H21NO.C9H19NO3.2C9H19NO2.C8H18N4O2.C8H19NO3S/c1-11(2,3)8-7-9-12-10(14(4)5)13-17(6,15)16;1-11(2,3)8-7-9-13-10(12-4)14(5)6;1-9(2)10(13)12-8-6-7-11(3,4)5;1-10(2,3)7-6-8-13-9(11-4)12-5;1-10(2,3)5-4-6-11-9-12-7-8-13-9;1-5-9(12)11-8-6-7-10(2,3)4;1-9(2,3)6-5-7-10(12)8(11)13-4;1-8(11)10(12)7-5-6-9(2,3)4;1-9(2,3)5-4-6-10-8(12)7-11;1-7(2)5-4-6-10-8(9-3)11-12(13)14;1-8(2,3)6-5-7-9(10)13(4,11)12/h7-9H2,1-6H3,(H,12,13);7-9H2,1-6H3,(H,12,13);9H,6-8H2,1-5H3,(H,12,13);6-8H2,1-5H3,(H2,11,12,13);7-8H,4-6H2,1-3H3,(H,11,12);5-8H2,1-4H3,(H,11,12);12H,5-7H2,1-4H3;12H,5-7H2,1-4H3;11H,4-7H2,1-3H3,(H,10,12);7H,4-6H2,1-3H3,(H2,9,10,11);10H,5-7H2,1-4H3. The van der Waals surface area contributed by atoms with Gasteiger partial charge in [0, 0.05) is 153 Å². The maximum absolute atomic E-state index is 11.2. The molecule has 0 fully saturated rings. The molecule has 0 radical (unpaired) electrons. The van der Waals surface area contributed by atoms with E-state index in [1.807, 2.05) is 65.4 Å². The summed E-state index contributed by atoms with van der Waals surface area (Å²) in [5.74, 6) is 2.93. The van der Waals surface area contributed by atoms with Crippen LogP contribution in [0.3, 0.4) is 0 Å². The zero-order valence-corrected chi connectivity index (χ0v) is 104. The van der Waals surface area contributed by atoms with Crippen molar-refractivity contribution in [2.24, 2.45) is 86.1 Å². The van der Waals surface area contributed by atoms with E-state index in [9.17, 15) is 50.9 Å². The number of guanidine groups is 4. The van der Waals surface area contributed by atoms with Crippen molar-refractivity contribution in [3.63, 3.8) is 0 Å². The predicted molar refractivity (Wildman–Crippen MR) is 617 cm³/mol. The molecule has 146 heavy (non-hydrogen) atoms. The van der Waals surface area contributed by atoms with E-state index < -0.39 is 37.8 Å². The first-order valence-electron chi connectivity index (χ1n) is 52.4. The van der Waals surface area contributed by atoms with Gasteiger partial charge in [-0.05, 0) is 201 Å². The van der Waals surface area contributed by atoms with Gasteiger partial charge in [0.2, 0.25) is 49.6 Å². The number of aliphatic hydroxyl groups excluding tert-OH is 1. The molecule has 1 heterocycles. The summed E-state index contributed by atoms with van der Waals surface area (Å²) in [6, 6.07) is 0. The first-order valence-corrected chi connectivity index (χ1v) is 57.0. The molecule has 0 saturated carbocycles. The van der Waals surface area contributed by atoms with Crippen LogP contribution in [0.1, 0.15) is 397 Å². The van der Waals surface area contributed by atoms with Gasteiger partial charge in [0.05, 0.1) is 26.2 Å². The number of hydrazone groups is 1. The highest BCUT2D eigenvalue weighted by molar-refractivity contribution is 7.89. The molecule has 14 N–H and O–H groups in total. The molecule has 0 spiro atoms. The third-order valence-corrected chi connectivity index (χ3v) is 21.9. The Balaban J connectivity index is -0.000000174. The van der Waals surface area contributed by atoms with Gasteiger partial charge in [-0.1, -0.05) is 247 Å². The minimum atomic E-state index is -3.43. The zero-order valence-electron chi connectivity index (χ0n) is 102. The number of thiazole rings is 1. The summed E-state index contributed by atoms with van der Waals surface area (Å²) in [6.45, 7) is 84.3. The Kier molecular flexibility index (Phi) is 93.9. The molecule has 0 aromatic carbocycles. The van der Waals surface area contributed by atoms with E-state index in [0.717, 1.165) is 164 Å². The number of aliphatic hydroxyl groups is 1. The Morgan fingerprint density at radius 2 is 0.808 bits per heavy atom. The van der Waals surface area contributed by atoms with E-state index in [0.29, 0.717) is 99.5 Å². The number of anilines is 1. The lowest BCUT2D eigenvalue weighted by atomic mass is 9.90. The first-order chi connectivity index (χ1) is 66.1. The van der Waals surface area contributed by atoms with Crippen LogP contribution in [0.4, 0.5) is 9.93 Å². The molecule has 5 amide bonds. The number of nitrogens with one attached hydrogen (secondary N) is 10. The highest BCUT2D eigenvalue weighted by Gasteiger charge is 2.21. The number of ether oxygens (including phenoxy) is 1. The second kappa shape index (κ2) is 86.3. The molecule has 0 unspecified atom stereocenters. The Hall–Kier alpha value is -7.24. The molecule has 0 aliphatic rings. The van der Waals surface area contributed by atoms with E-state index in [-0.39, 0.29) is 63.7 Å². The van der Waals surface area contributed by atoms with Crippen molar-refractivity contribution < 1.29 is 71.3 Å². The summed E-state index contributed by atoms with van der Waals surface area (Å²) in [6.07, 6.45) is 26.9. The number of methoxy groups -OCH3 is 1. The van der Waals surface area contributed by atoms with E-state index in [1.54, 1.807) is 44.4 Å². The quantitative estimate of drug-likeness (QED) is 0.00723. The van der Waals surface area contributed by atoms with Gasteiger partial charge >= 0.3 is 6.09 Å². The number of carbonyl (C=O) groups is 5. The van der Waals surface area contributed by atoms with Crippen LogP contribution in [0.15, 0.2) is 31.7 Å². The van der Waals surface area contributed by atoms with Gasteiger partial charge in [-0.3, -0.25) is 54.5 Å². The van der Waals surface area contributed by atoms with Gasteiger partial charge in [-0.25, -0.2) is 41.8 Å². The predicted octanol–water partition coefficient (Wildman–Crippen LogP) is 20.6. The molecule has 0 aliphatic heterocycles. The van der Waals surface area contributed by atoms with Crippen molar-refractivity contribution in [1.82, 2.24) is 76.6 Å². The summed E-state index contributed by atoms with van der Waals surface area (Å²) in [5, 5.41) is 79.1. The molecule has 37 nitrogen and oxygen atoms in total. The minimum Gasteiger partial charge on any atom is -0.451 e.